The number of alkyl halides is 3. The summed E-state index contributed by atoms with van der Waals surface area (Å²) in [5.74, 6) is -2.50. The minimum absolute atomic E-state index is 0.175. The Kier molecular flexibility index (Phi) is 4.41. The average Bonchev–Trinajstić information content (AvgIpc) is 3.10. The number of aromatic nitrogens is 3. The zero-order chi connectivity index (χ0) is 18.7. The van der Waals surface area contributed by atoms with Crippen LogP contribution in [0.25, 0.3) is 11.1 Å². The Morgan fingerprint density at radius 1 is 1.08 bits per heavy atom. The second-order valence-corrected chi connectivity index (χ2v) is 5.16. The zero-order valence-electron chi connectivity index (χ0n) is 13.0. The highest BCUT2D eigenvalue weighted by atomic mass is 19.4. The number of H-pyrrole nitrogens is 1. The van der Waals surface area contributed by atoms with Gasteiger partial charge in [0.15, 0.2) is 0 Å². The molecule has 0 spiro atoms. The van der Waals surface area contributed by atoms with Gasteiger partial charge in [0.2, 0.25) is 11.8 Å². The number of aromatic amines is 1. The van der Waals surface area contributed by atoms with Crippen LogP contribution in [-0.2, 0) is 6.18 Å². The van der Waals surface area contributed by atoms with Gasteiger partial charge in [0.25, 0.3) is 5.91 Å². The van der Waals surface area contributed by atoms with Crippen molar-refractivity contribution in [1.82, 2.24) is 15.2 Å². The molecule has 1 amide bonds. The Morgan fingerprint density at radius 2 is 1.73 bits per heavy atom. The van der Waals surface area contributed by atoms with Crippen molar-refractivity contribution in [2.75, 3.05) is 5.32 Å². The highest BCUT2D eigenvalue weighted by molar-refractivity contribution is 6.08. The quantitative estimate of drug-likeness (QED) is 0.749. The topological polar surface area (TPSA) is 94.5 Å². The van der Waals surface area contributed by atoms with E-state index < -0.39 is 23.9 Å². The maximum Gasteiger partial charge on any atom is 0.451 e. The predicted molar refractivity (Wildman–Crippen MR) is 85.9 cm³/mol. The van der Waals surface area contributed by atoms with Crippen LogP contribution < -0.4 is 5.32 Å². The molecule has 0 saturated heterocycles. The minimum atomic E-state index is -4.69. The van der Waals surface area contributed by atoms with Crippen LogP contribution in [0.15, 0.2) is 48.5 Å². The number of benzene rings is 2. The third kappa shape index (κ3) is 3.39. The van der Waals surface area contributed by atoms with E-state index in [1.165, 1.54) is 6.07 Å². The van der Waals surface area contributed by atoms with Gasteiger partial charge in [-0.05, 0) is 17.7 Å². The molecule has 0 bridgehead atoms. The van der Waals surface area contributed by atoms with Crippen molar-refractivity contribution in [2.45, 2.75) is 6.18 Å². The summed E-state index contributed by atoms with van der Waals surface area (Å²) in [6.07, 6.45) is -4.69. The van der Waals surface area contributed by atoms with E-state index in [0.717, 1.165) is 0 Å². The largest absolute Gasteiger partial charge is 0.451 e. The Labute approximate surface area is 145 Å². The van der Waals surface area contributed by atoms with Gasteiger partial charge in [0.1, 0.15) is 0 Å². The van der Waals surface area contributed by atoms with E-state index >= 15 is 0 Å². The Morgan fingerprint density at radius 3 is 2.38 bits per heavy atom. The standard InChI is InChI=1S/C17H10F3N5O/c18-17(19,20)15-23-16(25-24-15)22-14(26)13-8-4-3-7-12(13)11-6-2-1-5-10(11)9-21/h1-8H,(H2,22,23,24,25,26). The number of carbonyl (C=O) groups excluding carboxylic acids is 1. The van der Waals surface area contributed by atoms with Crippen molar-refractivity contribution in [1.29, 1.82) is 5.26 Å². The maximum atomic E-state index is 12.6. The summed E-state index contributed by atoms with van der Waals surface area (Å²) < 4.78 is 37.7. The summed E-state index contributed by atoms with van der Waals surface area (Å²) in [5, 5.41) is 16.5. The molecule has 3 aromatic rings. The van der Waals surface area contributed by atoms with Gasteiger partial charge in [-0.25, -0.2) is 0 Å². The molecule has 0 saturated carbocycles. The first-order valence-corrected chi connectivity index (χ1v) is 7.29. The molecule has 2 N–H and O–H groups in total. The SMILES string of the molecule is N#Cc1ccccc1-c1ccccc1C(=O)Nc1n[nH]c(C(F)(F)F)n1. The Bertz CT molecular complexity index is 1000. The number of rotatable bonds is 3. The van der Waals surface area contributed by atoms with Crippen LogP contribution in [0.3, 0.4) is 0 Å². The average molecular weight is 357 g/mol. The maximum absolute atomic E-state index is 12.6. The first-order valence-electron chi connectivity index (χ1n) is 7.29. The lowest BCUT2D eigenvalue weighted by Crippen LogP contribution is -2.14. The van der Waals surface area contributed by atoms with Crippen LogP contribution in [0.2, 0.25) is 0 Å². The molecule has 6 nitrogen and oxygen atoms in total. The van der Waals surface area contributed by atoms with Gasteiger partial charge in [-0.1, -0.05) is 36.4 Å². The molecule has 2 aromatic carbocycles. The molecular weight excluding hydrogens is 347 g/mol. The third-order valence-electron chi connectivity index (χ3n) is 3.49. The number of hydrogen-bond donors (Lipinski definition) is 2. The second-order valence-electron chi connectivity index (χ2n) is 5.16. The smallest absolute Gasteiger partial charge is 0.289 e. The molecule has 0 aliphatic rings. The van der Waals surface area contributed by atoms with E-state index in [1.54, 1.807) is 47.6 Å². The van der Waals surface area contributed by atoms with Gasteiger partial charge in [-0.15, -0.1) is 5.10 Å². The monoisotopic (exact) mass is 357 g/mol. The lowest BCUT2D eigenvalue weighted by molar-refractivity contribution is -0.144. The van der Waals surface area contributed by atoms with Crippen LogP contribution in [0.1, 0.15) is 21.7 Å². The summed E-state index contributed by atoms with van der Waals surface area (Å²) in [6, 6.07) is 15.2. The van der Waals surface area contributed by atoms with E-state index in [2.05, 4.69) is 15.4 Å². The summed E-state index contributed by atoms with van der Waals surface area (Å²) in [7, 11) is 0. The first-order chi connectivity index (χ1) is 12.4. The molecule has 3 rings (SSSR count). The molecule has 0 aliphatic heterocycles. The number of carbonyl (C=O) groups is 1. The second kappa shape index (κ2) is 6.68. The fourth-order valence-corrected chi connectivity index (χ4v) is 2.34. The predicted octanol–water partition coefficient (Wildman–Crippen LogP) is 3.61. The highest BCUT2D eigenvalue weighted by Gasteiger charge is 2.35. The molecule has 130 valence electrons. The summed E-state index contributed by atoms with van der Waals surface area (Å²) >= 11 is 0. The number of amides is 1. The molecule has 0 aliphatic carbocycles. The Hall–Kier alpha value is -3.67. The number of nitriles is 1. The minimum Gasteiger partial charge on any atom is -0.289 e. The molecule has 0 atom stereocenters. The molecule has 1 heterocycles. The van der Waals surface area contributed by atoms with Crippen molar-refractivity contribution < 1.29 is 18.0 Å². The van der Waals surface area contributed by atoms with Crippen molar-refractivity contribution in [2.24, 2.45) is 0 Å². The highest BCUT2D eigenvalue weighted by Crippen LogP contribution is 2.28. The molecule has 0 fully saturated rings. The zero-order valence-corrected chi connectivity index (χ0v) is 13.0. The van der Waals surface area contributed by atoms with Crippen LogP contribution in [0.5, 0.6) is 0 Å². The van der Waals surface area contributed by atoms with E-state index in [1.807, 2.05) is 6.07 Å². The lowest BCUT2D eigenvalue weighted by atomic mass is 9.95. The van der Waals surface area contributed by atoms with Crippen molar-refractivity contribution >= 4 is 11.9 Å². The fourth-order valence-electron chi connectivity index (χ4n) is 2.34. The molecule has 0 unspecified atom stereocenters. The third-order valence-corrected chi connectivity index (χ3v) is 3.49. The first kappa shape index (κ1) is 17.2. The lowest BCUT2D eigenvalue weighted by Gasteiger charge is -2.10. The number of halogens is 3. The van der Waals surface area contributed by atoms with E-state index in [4.69, 9.17) is 0 Å². The molecule has 26 heavy (non-hydrogen) atoms. The number of nitrogens with one attached hydrogen (secondary N) is 2. The molecule has 1 aromatic heterocycles. The van der Waals surface area contributed by atoms with Gasteiger partial charge < -0.3 is 0 Å². The van der Waals surface area contributed by atoms with E-state index in [0.29, 0.717) is 16.7 Å². The van der Waals surface area contributed by atoms with Crippen LogP contribution >= 0.6 is 0 Å². The normalized spacial score (nSPS) is 11.0. The Balaban J connectivity index is 1.94. The molecular formula is C17H10F3N5O. The van der Waals surface area contributed by atoms with E-state index in [-0.39, 0.29) is 5.56 Å². The number of nitrogens with zero attached hydrogens (tertiary/aromatic N) is 3. The van der Waals surface area contributed by atoms with Crippen molar-refractivity contribution in [3.05, 3.63) is 65.5 Å². The van der Waals surface area contributed by atoms with Gasteiger partial charge >= 0.3 is 6.18 Å². The van der Waals surface area contributed by atoms with E-state index in [9.17, 15) is 23.2 Å². The van der Waals surface area contributed by atoms with Gasteiger partial charge in [-0.2, -0.15) is 23.4 Å². The van der Waals surface area contributed by atoms with Crippen LogP contribution in [0.4, 0.5) is 19.1 Å². The van der Waals surface area contributed by atoms with Gasteiger partial charge in [-0.3, -0.25) is 15.2 Å². The summed E-state index contributed by atoms with van der Waals surface area (Å²) in [5.41, 5.74) is 1.54. The van der Waals surface area contributed by atoms with Crippen molar-refractivity contribution in [3.8, 4) is 17.2 Å². The van der Waals surface area contributed by atoms with Gasteiger partial charge in [0, 0.05) is 11.1 Å². The molecule has 9 heteroatoms. The van der Waals surface area contributed by atoms with Crippen LogP contribution in [0, 0.1) is 11.3 Å². The molecule has 0 radical (unpaired) electrons. The summed E-state index contributed by atoms with van der Waals surface area (Å²) in [4.78, 5) is 15.7. The summed E-state index contributed by atoms with van der Waals surface area (Å²) in [6.45, 7) is 0. The van der Waals surface area contributed by atoms with Crippen LogP contribution in [-0.4, -0.2) is 21.1 Å². The van der Waals surface area contributed by atoms with Gasteiger partial charge in [0.05, 0.1) is 11.6 Å². The number of anilines is 1. The fraction of sp³-hybridized carbons (Fsp3) is 0.0588. The van der Waals surface area contributed by atoms with Crippen molar-refractivity contribution in [3.63, 3.8) is 0 Å². The number of hydrogen-bond acceptors (Lipinski definition) is 4.